The summed E-state index contributed by atoms with van der Waals surface area (Å²) in [6.07, 6.45) is 84.2. The van der Waals surface area contributed by atoms with Crippen molar-refractivity contribution in [1.82, 2.24) is 5.32 Å². The monoisotopic (exact) mass is 1160 g/mol. The molecule has 1 aliphatic heterocycles. The molecule has 1 saturated heterocycles. The minimum absolute atomic E-state index is 0.142. The number of rotatable bonds is 59. The Hall–Kier alpha value is -3.15. The van der Waals surface area contributed by atoms with E-state index in [9.17, 15) is 30.3 Å². The van der Waals surface area contributed by atoms with E-state index in [0.29, 0.717) is 12.8 Å². The van der Waals surface area contributed by atoms with Gasteiger partial charge in [0, 0.05) is 6.42 Å². The zero-order valence-corrected chi connectivity index (χ0v) is 53.4. The second kappa shape index (κ2) is 61.9. The highest BCUT2D eigenvalue weighted by Crippen LogP contribution is 2.23. The lowest BCUT2D eigenvalue weighted by Crippen LogP contribution is -2.60. The molecule has 1 heterocycles. The molecule has 0 aromatic carbocycles. The number of unbranched alkanes of at least 4 members (excludes halogenated alkanes) is 31. The summed E-state index contributed by atoms with van der Waals surface area (Å²) in [5.74, 6) is -0.148. The fraction of sp³-hybridized carbons (Fsp3) is 0.743. The lowest BCUT2D eigenvalue weighted by molar-refractivity contribution is -0.302. The van der Waals surface area contributed by atoms with Gasteiger partial charge in [-0.3, -0.25) is 4.79 Å². The minimum atomic E-state index is -1.56. The number of carbonyl (C=O) groups excluding carboxylic acids is 1. The first-order valence-electron chi connectivity index (χ1n) is 34.6. The van der Waals surface area contributed by atoms with Crippen molar-refractivity contribution in [1.29, 1.82) is 0 Å². The molecule has 0 aromatic heterocycles. The predicted molar refractivity (Wildman–Crippen MR) is 354 cm³/mol. The summed E-state index contributed by atoms with van der Waals surface area (Å²) in [4.78, 5) is 13.1. The number of aliphatic hydroxyl groups excluding tert-OH is 5. The number of allylic oxidation sites excluding steroid dienone is 18. The third-order valence-corrected chi connectivity index (χ3v) is 15.9. The van der Waals surface area contributed by atoms with E-state index in [4.69, 9.17) is 9.47 Å². The Morgan fingerprint density at radius 2 is 0.747 bits per heavy atom. The molecule has 0 spiro atoms. The van der Waals surface area contributed by atoms with Gasteiger partial charge in [-0.15, -0.1) is 0 Å². The highest BCUT2D eigenvalue weighted by Gasteiger charge is 2.44. The van der Waals surface area contributed by atoms with E-state index in [1.54, 1.807) is 0 Å². The van der Waals surface area contributed by atoms with Crippen LogP contribution in [0.1, 0.15) is 296 Å². The fourth-order valence-corrected chi connectivity index (χ4v) is 10.5. The third-order valence-electron chi connectivity index (χ3n) is 15.9. The van der Waals surface area contributed by atoms with Crippen molar-refractivity contribution < 1.29 is 39.8 Å². The van der Waals surface area contributed by atoms with Gasteiger partial charge < -0.3 is 40.3 Å². The molecule has 1 aliphatic rings. The molecule has 83 heavy (non-hydrogen) atoms. The van der Waals surface area contributed by atoms with E-state index in [1.807, 2.05) is 0 Å². The molecule has 0 radical (unpaired) electrons. The van der Waals surface area contributed by atoms with Crippen LogP contribution in [0.4, 0.5) is 0 Å². The molecular weight excluding hydrogens is 1030 g/mol. The molecule has 0 saturated carbocycles. The van der Waals surface area contributed by atoms with Gasteiger partial charge in [-0.05, 0) is 83.5 Å². The number of amides is 1. The Kier molecular flexibility index (Phi) is 58.1. The molecule has 7 atom stereocenters. The lowest BCUT2D eigenvalue weighted by Gasteiger charge is -2.40. The maximum Gasteiger partial charge on any atom is 0.220 e. The topological polar surface area (TPSA) is 149 Å². The molecule has 9 heteroatoms. The third kappa shape index (κ3) is 50.7. The molecule has 6 N–H and O–H groups in total. The van der Waals surface area contributed by atoms with Crippen molar-refractivity contribution >= 4 is 5.91 Å². The first-order chi connectivity index (χ1) is 40.8. The molecule has 1 fully saturated rings. The molecule has 9 nitrogen and oxygen atoms in total. The van der Waals surface area contributed by atoms with E-state index in [2.05, 4.69) is 129 Å². The second-order valence-electron chi connectivity index (χ2n) is 23.6. The van der Waals surface area contributed by atoms with E-state index < -0.39 is 49.5 Å². The van der Waals surface area contributed by atoms with Crippen molar-refractivity contribution in [3.63, 3.8) is 0 Å². The normalized spacial score (nSPS) is 19.0. The predicted octanol–water partition coefficient (Wildman–Crippen LogP) is 18.9. The number of hydrogen-bond acceptors (Lipinski definition) is 8. The molecule has 0 aliphatic carbocycles. The first-order valence-corrected chi connectivity index (χ1v) is 34.6. The maximum atomic E-state index is 13.1. The fourth-order valence-electron chi connectivity index (χ4n) is 10.5. The standard InChI is InChI=1S/C74H129NO8/c1-3-5-7-9-11-13-15-17-19-21-23-25-26-27-28-29-30-31-32-33-34-35-36-37-38-39-40-41-42-44-46-48-50-52-54-56-58-60-62-64-70(78)75-67(66-82-74-73(81)72(80)71(79)69(65-76)83-74)68(77)63-61-59-57-55-53-51-49-47-45-43-24-22-20-18-16-14-12-10-8-6-4-2/h5,7,11,13,17,19,23,25,27-28,30-31,33-34,36-37,39-40,67-69,71-74,76-77,79-81H,3-4,6,8-10,12,14-16,18,20-22,24,26,29,32,35,38,41-66H2,1-2H3,(H,75,78)/b7-5-,13-11-,19-17-,25-23-,28-27-,31-30-,34-33-,37-36-,40-39-. The van der Waals surface area contributed by atoms with Crippen LogP contribution in [0.2, 0.25) is 0 Å². The molecule has 1 amide bonds. The molecule has 478 valence electrons. The summed E-state index contributed by atoms with van der Waals surface area (Å²) in [7, 11) is 0. The minimum Gasteiger partial charge on any atom is -0.394 e. The van der Waals surface area contributed by atoms with Gasteiger partial charge >= 0.3 is 0 Å². The second-order valence-corrected chi connectivity index (χ2v) is 23.6. The molecule has 1 rings (SSSR count). The Morgan fingerprint density at radius 3 is 1.11 bits per heavy atom. The van der Waals surface area contributed by atoms with Crippen LogP contribution in [0.3, 0.4) is 0 Å². The number of hydrogen-bond donors (Lipinski definition) is 6. The van der Waals surface area contributed by atoms with Crippen molar-refractivity contribution in [3.8, 4) is 0 Å². The molecule has 7 unspecified atom stereocenters. The molecule has 0 bridgehead atoms. The van der Waals surface area contributed by atoms with Gasteiger partial charge in [0.05, 0.1) is 25.4 Å². The summed E-state index contributed by atoms with van der Waals surface area (Å²) in [6.45, 7) is 3.75. The van der Waals surface area contributed by atoms with Gasteiger partial charge in [0.1, 0.15) is 24.4 Å². The van der Waals surface area contributed by atoms with E-state index >= 15 is 0 Å². The van der Waals surface area contributed by atoms with Gasteiger partial charge in [-0.2, -0.15) is 0 Å². The van der Waals surface area contributed by atoms with Crippen molar-refractivity contribution in [2.24, 2.45) is 0 Å². The van der Waals surface area contributed by atoms with Gasteiger partial charge in [-0.1, -0.05) is 316 Å². The van der Waals surface area contributed by atoms with E-state index in [0.717, 1.165) is 103 Å². The van der Waals surface area contributed by atoms with Crippen LogP contribution in [0.5, 0.6) is 0 Å². The number of aliphatic hydroxyl groups is 5. The van der Waals surface area contributed by atoms with E-state index in [-0.39, 0.29) is 12.5 Å². The Morgan fingerprint density at radius 1 is 0.422 bits per heavy atom. The molecule has 0 aromatic rings. The van der Waals surface area contributed by atoms with Crippen LogP contribution >= 0.6 is 0 Å². The summed E-state index contributed by atoms with van der Waals surface area (Å²) in [5, 5.41) is 54.9. The summed E-state index contributed by atoms with van der Waals surface area (Å²) in [5.41, 5.74) is 0. The average Bonchev–Trinajstić information content (AvgIpc) is 3.60. The summed E-state index contributed by atoms with van der Waals surface area (Å²) in [6, 6.07) is -0.728. The zero-order chi connectivity index (χ0) is 60.0. The zero-order valence-electron chi connectivity index (χ0n) is 53.4. The van der Waals surface area contributed by atoms with Gasteiger partial charge in [0.2, 0.25) is 5.91 Å². The molecular formula is C74H129NO8. The van der Waals surface area contributed by atoms with Crippen LogP contribution in [0.15, 0.2) is 109 Å². The van der Waals surface area contributed by atoms with Crippen molar-refractivity contribution in [2.75, 3.05) is 13.2 Å². The highest BCUT2D eigenvalue weighted by atomic mass is 16.7. The van der Waals surface area contributed by atoms with Crippen LogP contribution in [0.25, 0.3) is 0 Å². The van der Waals surface area contributed by atoms with Gasteiger partial charge in [-0.25, -0.2) is 0 Å². The highest BCUT2D eigenvalue weighted by molar-refractivity contribution is 5.76. The summed E-state index contributed by atoms with van der Waals surface area (Å²) >= 11 is 0. The average molecular weight is 1160 g/mol. The SMILES string of the molecule is CC/C=C\C/C=C\C/C=C\C/C=C\C/C=C\C/C=C\C/C=C\C/C=C\C/C=C\CCCCCCCCCCCCCC(=O)NC(COC1OC(CO)C(O)C(O)C1O)C(O)CCCCCCCCCCCCCCCCCCCCCCC. The van der Waals surface area contributed by atoms with Crippen molar-refractivity contribution in [2.45, 2.75) is 339 Å². The van der Waals surface area contributed by atoms with Crippen molar-refractivity contribution in [3.05, 3.63) is 109 Å². The number of ether oxygens (including phenoxy) is 2. The van der Waals surface area contributed by atoms with E-state index in [1.165, 1.54) is 167 Å². The van der Waals surface area contributed by atoms with Crippen LogP contribution < -0.4 is 5.32 Å². The lowest BCUT2D eigenvalue weighted by atomic mass is 9.99. The van der Waals surface area contributed by atoms with Crippen LogP contribution in [-0.2, 0) is 14.3 Å². The first kappa shape index (κ1) is 77.9. The Labute approximate surface area is 510 Å². The Bertz CT molecular complexity index is 1680. The summed E-state index contributed by atoms with van der Waals surface area (Å²) < 4.78 is 11.4. The quantitative estimate of drug-likeness (QED) is 0.0261. The van der Waals surface area contributed by atoms with Crippen LogP contribution in [0, 0.1) is 0 Å². The maximum absolute atomic E-state index is 13.1. The van der Waals surface area contributed by atoms with Gasteiger partial charge in [0.25, 0.3) is 0 Å². The van der Waals surface area contributed by atoms with Crippen LogP contribution in [-0.4, -0.2) is 87.5 Å². The number of nitrogens with one attached hydrogen (secondary N) is 1. The Balaban J connectivity index is 2.13. The number of carbonyl (C=O) groups is 1. The van der Waals surface area contributed by atoms with Gasteiger partial charge in [0.15, 0.2) is 6.29 Å². The largest absolute Gasteiger partial charge is 0.394 e. The smallest absolute Gasteiger partial charge is 0.220 e.